The van der Waals surface area contributed by atoms with Gasteiger partial charge in [0.05, 0.1) is 29.2 Å². The molecular formula is C16H12N6S. The molecule has 0 radical (unpaired) electrons. The molecule has 0 atom stereocenters. The zero-order valence-electron chi connectivity index (χ0n) is 12.6. The van der Waals surface area contributed by atoms with Gasteiger partial charge in [0.2, 0.25) is 5.95 Å². The molecule has 2 aromatic heterocycles. The molecule has 0 bridgehead atoms. The number of allylic oxidation sites excluding steroid dienone is 4. The minimum atomic E-state index is -0.330. The summed E-state index contributed by atoms with van der Waals surface area (Å²) in [6, 6.07) is 8.40. The SMILES string of the molecule is CC1=C(C#N)C(c2cccs2)C(C#N)=C(C)N1c1ncncn1. The lowest BCUT2D eigenvalue weighted by Gasteiger charge is -2.33. The smallest absolute Gasteiger partial charge is 0.237 e. The highest BCUT2D eigenvalue weighted by Gasteiger charge is 2.35. The van der Waals surface area contributed by atoms with Gasteiger partial charge in [-0.1, -0.05) is 6.07 Å². The van der Waals surface area contributed by atoms with Gasteiger partial charge >= 0.3 is 0 Å². The Labute approximate surface area is 137 Å². The van der Waals surface area contributed by atoms with Crippen LogP contribution in [-0.4, -0.2) is 15.0 Å². The van der Waals surface area contributed by atoms with Crippen molar-refractivity contribution >= 4 is 17.3 Å². The van der Waals surface area contributed by atoms with Crippen molar-refractivity contribution in [1.82, 2.24) is 15.0 Å². The molecule has 2 aromatic rings. The quantitative estimate of drug-likeness (QED) is 0.844. The third-order valence-corrected chi connectivity index (χ3v) is 4.71. The molecule has 7 heteroatoms. The lowest BCUT2D eigenvalue weighted by Crippen LogP contribution is -2.30. The third-order valence-electron chi connectivity index (χ3n) is 3.78. The lowest BCUT2D eigenvalue weighted by atomic mass is 9.85. The first-order valence-corrected chi connectivity index (χ1v) is 7.74. The Hall–Kier alpha value is -3.03. The van der Waals surface area contributed by atoms with Crippen molar-refractivity contribution in [1.29, 1.82) is 10.5 Å². The zero-order chi connectivity index (χ0) is 16.4. The fourth-order valence-corrected chi connectivity index (χ4v) is 3.58. The van der Waals surface area contributed by atoms with E-state index in [0.29, 0.717) is 17.1 Å². The Morgan fingerprint density at radius 1 is 1.09 bits per heavy atom. The van der Waals surface area contributed by atoms with Gasteiger partial charge in [-0.15, -0.1) is 11.3 Å². The number of hydrogen-bond donors (Lipinski definition) is 0. The second-order valence-corrected chi connectivity index (χ2v) is 5.92. The van der Waals surface area contributed by atoms with E-state index in [4.69, 9.17) is 0 Å². The van der Waals surface area contributed by atoms with Crippen LogP contribution in [0, 0.1) is 22.7 Å². The molecule has 112 valence electrons. The van der Waals surface area contributed by atoms with Crippen LogP contribution in [0.3, 0.4) is 0 Å². The van der Waals surface area contributed by atoms with E-state index in [0.717, 1.165) is 16.3 Å². The van der Waals surface area contributed by atoms with E-state index < -0.39 is 0 Å². The van der Waals surface area contributed by atoms with Crippen molar-refractivity contribution < 1.29 is 0 Å². The second kappa shape index (κ2) is 5.99. The molecular weight excluding hydrogens is 308 g/mol. The Kier molecular flexibility index (Phi) is 3.88. The zero-order valence-corrected chi connectivity index (χ0v) is 13.4. The predicted molar refractivity (Wildman–Crippen MR) is 86.0 cm³/mol. The molecule has 3 rings (SSSR count). The molecule has 6 nitrogen and oxygen atoms in total. The number of nitriles is 2. The average molecular weight is 320 g/mol. The highest BCUT2D eigenvalue weighted by molar-refractivity contribution is 7.10. The van der Waals surface area contributed by atoms with Crippen LogP contribution in [-0.2, 0) is 0 Å². The average Bonchev–Trinajstić information content (AvgIpc) is 3.09. The van der Waals surface area contributed by atoms with E-state index in [9.17, 15) is 10.5 Å². The maximum atomic E-state index is 9.68. The van der Waals surface area contributed by atoms with E-state index in [1.165, 1.54) is 24.0 Å². The van der Waals surface area contributed by atoms with Gasteiger partial charge in [0.15, 0.2) is 0 Å². The molecule has 0 aliphatic carbocycles. The first kappa shape index (κ1) is 14.9. The normalized spacial score (nSPS) is 15.6. The monoisotopic (exact) mass is 320 g/mol. The maximum Gasteiger partial charge on any atom is 0.237 e. The van der Waals surface area contributed by atoms with Crippen LogP contribution in [0.2, 0.25) is 0 Å². The summed E-state index contributed by atoms with van der Waals surface area (Å²) in [5.41, 5.74) is 2.53. The van der Waals surface area contributed by atoms with Gasteiger partial charge in [0, 0.05) is 16.3 Å². The van der Waals surface area contributed by atoms with Crippen molar-refractivity contribution in [2.45, 2.75) is 19.8 Å². The van der Waals surface area contributed by atoms with E-state index in [1.807, 2.05) is 31.4 Å². The van der Waals surface area contributed by atoms with Crippen molar-refractivity contribution in [3.8, 4) is 12.1 Å². The van der Waals surface area contributed by atoms with E-state index in [2.05, 4.69) is 27.1 Å². The van der Waals surface area contributed by atoms with Crippen molar-refractivity contribution in [3.63, 3.8) is 0 Å². The Morgan fingerprint density at radius 3 is 2.17 bits per heavy atom. The van der Waals surface area contributed by atoms with Gasteiger partial charge in [-0.2, -0.15) is 10.5 Å². The van der Waals surface area contributed by atoms with Gasteiger partial charge in [-0.25, -0.2) is 15.0 Å². The maximum absolute atomic E-state index is 9.68. The van der Waals surface area contributed by atoms with E-state index >= 15 is 0 Å². The molecule has 23 heavy (non-hydrogen) atoms. The van der Waals surface area contributed by atoms with Crippen molar-refractivity contribution in [3.05, 3.63) is 57.6 Å². The summed E-state index contributed by atoms with van der Waals surface area (Å²) in [5, 5.41) is 21.3. The van der Waals surface area contributed by atoms with Crippen LogP contribution in [0.25, 0.3) is 0 Å². The molecule has 0 saturated carbocycles. The van der Waals surface area contributed by atoms with Crippen LogP contribution >= 0.6 is 11.3 Å². The summed E-state index contributed by atoms with van der Waals surface area (Å²) in [7, 11) is 0. The number of nitrogens with zero attached hydrogens (tertiary/aromatic N) is 6. The minimum absolute atomic E-state index is 0.330. The minimum Gasteiger partial charge on any atom is -0.285 e. The molecule has 1 aliphatic rings. The predicted octanol–water partition coefficient (Wildman–Crippen LogP) is 3.13. The topological polar surface area (TPSA) is 89.5 Å². The highest BCUT2D eigenvalue weighted by atomic mass is 32.1. The molecule has 0 unspecified atom stereocenters. The Balaban J connectivity index is 2.23. The van der Waals surface area contributed by atoms with Gasteiger partial charge in [0.1, 0.15) is 12.7 Å². The van der Waals surface area contributed by atoms with Gasteiger partial charge in [-0.05, 0) is 25.3 Å². The number of hydrogen-bond acceptors (Lipinski definition) is 7. The number of thiophene rings is 1. The molecule has 0 spiro atoms. The lowest BCUT2D eigenvalue weighted by molar-refractivity contribution is 0.842. The molecule has 0 fully saturated rings. The standard InChI is InChI=1S/C16H12N6S/c1-10-12(6-17)15(14-4-3-5-23-14)13(7-18)11(2)22(10)16-20-8-19-9-21-16/h3-5,8-9,15H,1-2H3. The third kappa shape index (κ3) is 2.37. The molecule has 0 amide bonds. The Morgan fingerprint density at radius 2 is 1.70 bits per heavy atom. The summed E-state index contributed by atoms with van der Waals surface area (Å²) in [4.78, 5) is 14.8. The second-order valence-electron chi connectivity index (χ2n) is 4.94. The molecule has 1 aliphatic heterocycles. The van der Waals surface area contributed by atoms with Crippen LogP contribution in [0.5, 0.6) is 0 Å². The summed E-state index contributed by atoms with van der Waals surface area (Å²) in [5.74, 6) is 0.0724. The Bertz CT molecular complexity index is 830. The highest BCUT2D eigenvalue weighted by Crippen LogP contribution is 2.43. The van der Waals surface area contributed by atoms with Gasteiger partial charge in [-0.3, -0.25) is 4.90 Å². The van der Waals surface area contributed by atoms with Gasteiger partial charge in [0.25, 0.3) is 0 Å². The van der Waals surface area contributed by atoms with Crippen molar-refractivity contribution in [2.75, 3.05) is 4.90 Å². The molecule has 0 N–H and O–H groups in total. The number of rotatable bonds is 2. The van der Waals surface area contributed by atoms with Crippen LogP contribution in [0.15, 0.2) is 52.7 Å². The summed E-state index contributed by atoms with van der Waals surface area (Å²) in [6.07, 6.45) is 2.79. The summed E-state index contributed by atoms with van der Waals surface area (Å²) < 4.78 is 0. The van der Waals surface area contributed by atoms with Crippen LogP contribution in [0.1, 0.15) is 24.6 Å². The van der Waals surface area contributed by atoms with Gasteiger partial charge < -0.3 is 0 Å². The van der Waals surface area contributed by atoms with Crippen molar-refractivity contribution in [2.24, 2.45) is 0 Å². The largest absolute Gasteiger partial charge is 0.285 e. The fraction of sp³-hybridized carbons (Fsp3) is 0.188. The molecule has 0 aromatic carbocycles. The van der Waals surface area contributed by atoms with E-state index in [1.54, 1.807) is 4.90 Å². The molecule has 0 saturated heterocycles. The number of aromatic nitrogens is 3. The van der Waals surface area contributed by atoms with E-state index in [-0.39, 0.29) is 5.92 Å². The summed E-state index contributed by atoms with van der Waals surface area (Å²) >= 11 is 1.54. The fourth-order valence-electron chi connectivity index (χ4n) is 2.73. The first-order chi connectivity index (χ1) is 11.2. The molecule has 3 heterocycles. The van der Waals surface area contributed by atoms with Crippen LogP contribution in [0.4, 0.5) is 5.95 Å². The van der Waals surface area contributed by atoms with Crippen LogP contribution < -0.4 is 4.90 Å². The first-order valence-electron chi connectivity index (χ1n) is 6.86. The summed E-state index contributed by atoms with van der Waals surface area (Å²) in [6.45, 7) is 3.70. The number of anilines is 1.